The summed E-state index contributed by atoms with van der Waals surface area (Å²) in [5.41, 5.74) is 5.47. The smallest absolute Gasteiger partial charge is 0.270 e. The second-order valence-corrected chi connectivity index (χ2v) is 10.0. The molecule has 160 valence electrons. The minimum Gasteiger partial charge on any atom is -0.330 e. The second kappa shape index (κ2) is 18.2. The van der Waals surface area contributed by atoms with Crippen molar-refractivity contribution < 1.29 is 13.0 Å². The highest BCUT2D eigenvalue weighted by molar-refractivity contribution is 7.87. The monoisotopic (exact) mass is 393 g/mol. The molecule has 0 aromatic carbocycles. The molecule has 0 bridgehead atoms. The molecule has 0 radical (unpaired) electrons. The fourth-order valence-corrected chi connectivity index (χ4v) is 2.89. The number of hydrogen-bond donors (Lipinski definition) is 2. The predicted octanol–water partition coefficient (Wildman–Crippen LogP) is 6.49. The highest BCUT2D eigenvalue weighted by Crippen LogP contribution is 2.17. The molecule has 0 saturated carbocycles. The van der Waals surface area contributed by atoms with Crippen LogP contribution < -0.4 is 5.73 Å². The van der Waals surface area contributed by atoms with E-state index in [4.69, 9.17) is 10.3 Å². The summed E-state index contributed by atoms with van der Waals surface area (Å²) < 4.78 is 28.4. The molecule has 3 N–H and O–H groups in total. The number of unbranched alkanes of at least 4 members (excludes halogenated alkanes) is 13. The van der Waals surface area contributed by atoms with E-state index in [0.29, 0.717) is 6.42 Å². The SMILES string of the molecule is CCC(C)(C)S(=O)(=O)O.CCCCCCCCCCCCCCCCN. The fraction of sp³-hybridized carbons (Fsp3) is 1.00. The number of rotatable bonds is 16. The summed E-state index contributed by atoms with van der Waals surface area (Å²) >= 11 is 0. The number of nitrogens with two attached hydrogens (primary N) is 1. The molecule has 0 aliphatic carbocycles. The van der Waals surface area contributed by atoms with Gasteiger partial charge < -0.3 is 5.73 Å². The van der Waals surface area contributed by atoms with Gasteiger partial charge in [0.25, 0.3) is 10.1 Å². The molecule has 0 aromatic rings. The van der Waals surface area contributed by atoms with Crippen LogP contribution in [0.5, 0.6) is 0 Å². The Labute approximate surface area is 164 Å². The summed E-state index contributed by atoms with van der Waals surface area (Å²) in [7, 11) is -3.85. The minimum atomic E-state index is -3.85. The van der Waals surface area contributed by atoms with Crippen molar-refractivity contribution in [3.63, 3.8) is 0 Å². The van der Waals surface area contributed by atoms with Crippen LogP contribution in [0.4, 0.5) is 0 Å². The molecule has 0 spiro atoms. The molecule has 0 amide bonds. The van der Waals surface area contributed by atoms with Crippen LogP contribution >= 0.6 is 0 Å². The Kier molecular flexibility index (Phi) is 19.7. The van der Waals surface area contributed by atoms with E-state index in [1.165, 1.54) is 104 Å². The summed E-state index contributed by atoms with van der Waals surface area (Å²) in [5, 5.41) is 0. The van der Waals surface area contributed by atoms with Crippen molar-refractivity contribution >= 4 is 10.1 Å². The molecule has 26 heavy (non-hydrogen) atoms. The third-order valence-electron chi connectivity index (χ3n) is 5.11. The number of hydrogen-bond acceptors (Lipinski definition) is 3. The quantitative estimate of drug-likeness (QED) is 0.232. The van der Waals surface area contributed by atoms with Gasteiger partial charge in [-0.15, -0.1) is 0 Å². The Morgan fingerprint density at radius 2 is 1.00 bits per heavy atom. The third kappa shape index (κ3) is 18.7. The Morgan fingerprint density at radius 1 is 0.692 bits per heavy atom. The Morgan fingerprint density at radius 3 is 1.19 bits per heavy atom. The van der Waals surface area contributed by atoms with E-state index in [1.807, 2.05) is 0 Å². The molecule has 0 aliphatic rings. The van der Waals surface area contributed by atoms with Gasteiger partial charge in [-0.2, -0.15) is 8.42 Å². The first kappa shape index (κ1) is 28.1. The largest absolute Gasteiger partial charge is 0.330 e. The summed E-state index contributed by atoms with van der Waals surface area (Å²) in [6, 6.07) is 0. The van der Waals surface area contributed by atoms with Crippen LogP contribution in [0.25, 0.3) is 0 Å². The molecule has 0 unspecified atom stereocenters. The van der Waals surface area contributed by atoms with E-state index < -0.39 is 14.9 Å². The first-order valence-electron chi connectivity index (χ1n) is 10.9. The van der Waals surface area contributed by atoms with Gasteiger partial charge >= 0.3 is 0 Å². The summed E-state index contributed by atoms with van der Waals surface area (Å²) in [6.45, 7) is 7.85. The average Bonchev–Trinajstić information content (AvgIpc) is 2.58. The van der Waals surface area contributed by atoms with Crippen LogP contribution in [0.2, 0.25) is 0 Å². The van der Waals surface area contributed by atoms with E-state index in [9.17, 15) is 8.42 Å². The van der Waals surface area contributed by atoms with Gasteiger partial charge in [0.15, 0.2) is 0 Å². The summed E-state index contributed by atoms with van der Waals surface area (Å²) in [4.78, 5) is 0. The van der Waals surface area contributed by atoms with Crippen LogP contribution in [-0.4, -0.2) is 24.3 Å². The second-order valence-electron chi connectivity index (χ2n) is 7.97. The van der Waals surface area contributed by atoms with Crippen molar-refractivity contribution in [1.82, 2.24) is 0 Å². The topological polar surface area (TPSA) is 80.4 Å². The first-order chi connectivity index (χ1) is 12.2. The van der Waals surface area contributed by atoms with Crippen LogP contribution in [0.3, 0.4) is 0 Å². The molecule has 0 fully saturated rings. The fourth-order valence-electron chi connectivity index (χ4n) is 2.52. The predicted molar refractivity (Wildman–Crippen MR) is 115 cm³/mol. The van der Waals surface area contributed by atoms with Crippen LogP contribution in [0.15, 0.2) is 0 Å². The maximum atomic E-state index is 10.4. The lowest BCUT2D eigenvalue weighted by Gasteiger charge is -2.17. The van der Waals surface area contributed by atoms with Gasteiger partial charge in [-0.3, -0.25) is 4.55 Å². The molecular weight excluding hydrogens is 346 g/mol. The van der Waals surface area contributed by atoms with Gasteiger partial charge in [0, 0.05) is 0 Å². The molecule has 0 rings (SSSR count). The first-order valence-corrected chi connectivity index (χ1v) is 12.3. The molecular formula is C21H47NO3S. The summed E-state index contributed by atoms with van der Waals surface area (Å²) in [5.74, 6) is 0. The van der Waals surface area contributed by atoms with Crippen molar-refractivity contribution in [1.29, 1.82) is 0 Å². The van der Waals surface area contributed by atoms with Crippen LogP contribution in [0.1, 0.15) is 124 Å². The van der Waals surface area contributed by atoms with Gasteiger partial charge in [0.2, 0.25) is 0 Å². The zero-order valence-corrected chi connectivity index (χ0v) is 18.9. The molecule has 0 aromatic heterocycles. The van der Waals surface area contributed by atoms with Gasteiger partial charge in [0.1, 0.15) is 0 Å². The third-order valence-corrected chi connectivity index (χ3v) is 6.79. The highest BCUT2D eigenvalue weighted by Gasteiger charge is 2.29. The van der Waals surface area contributed by atoms with Crippen molar-refractivity contribution in [2.45, 2.75) is 129 Å². The zero-order chi connectivity index (χ0) is 20.3. The zero-order valence-electron chi connectivity index (χ0n) is 18.1. The van der Waals surface area contributed by atoms with E-state index in [2.05, 4.69) is 6.92 Å². The van der Waals surface area contributed by atoms with E-state index in [0.717, 1.165) is 6.54 Å². The Bertz CT molecular complexity index is 367. The maximum absolute atomic E-state index is 10.4. The molecule has 4 nitrogen and oxygen atoms in total. The average molecular weight is 394 g/mol. The van der Waals surface area contributed by atoms with E-state index in [1.54, 1.807) is 6.92 Å². The van der Waals surface area contributed by atoms with E-state index in [-0.39, 0.29) is 0 Å². The van der Waals surface area contributed by atoms with Gasteiger partial charge in [0.05, 0.1) is 4.75 Å². The lowest BCUT2D eigenvalue weighted by Crippen LogP contribution is -2.29. The van der Waals surface area contributed by atoms with Crippen molar-refractivity contribution in [3.05, 3.63) is 0 Å². The molecule has 5 heteroatoms. The summed E-state index contributed by atoms with van der Waals surface area (Å²) in [6.07, 6.45) is 20.3. The normalized spacial score (nSPS) is 11.9. The van der Waals surface area contributed by atoms with Gasteiger partial charge in [-0.05, 0) is 33.2 Å². The lowest BCUT2D eigenvalue weighted by atomic mass is 10.0. The van der Waals surface area contributed by atoms with Crippen molar-refractivity contribution in [2.24, 2.45) is 5.73 Å². The minimum absolute atomic E-state index is 0.422. The van der Waals surface area contributed by atoms with E-state index >= 15 is 0 Å². The van der Waals surface area contributed by atoms with Crippen LogP contribution in [0, 0.1) is 0 Å². The molecule has 0 aliphatic heterocycles. The lowest BCUT2D eigenvalue weighted by molar-refractivity contribution is 0.437. The van der Waals surface area contributed by atoms with Crippen molar-refractivity contribution in [2.75, 3.05) is 6.54 Å². The Balaban J connectivity index is 0. The maximum Gasteiger partial charge on any atom is 0.270 e. The van der Waals surface area contributed by atoms with Crippen molar-refractivity contribution in [3.8, 4) is 0 Å². The van der Waals surface area contributed by atoms with Gasteiger partial charge in [-0.1, -0.05) is 97.3 Å². The van der Waals surface area contributed by atoms with Gasteiger partial charge in [-0.25, -0.2) is 0 Å². The molecule has 0 saturated heterocycles. The molecule has 0 atom stereocenters. The standard InChI is InChI=1S/C16H35N.C5H12O3S/c1-2-3-4-5-6-7-8-9-10-11-12-13-14-15-16-17;1-4-5(2,3)9(6,7)8/h2-17H2,1H3;4H2,1-3H3,(H,6,7,8). The highest BCUT2D eigenvalue weighted by atomic mass is 32.2. The molecule has 0 heterocycles. The van der Waals surface area contributed by atoms with Crippen LogP contribution in [-0.2, 0) is 10.1 Å². The Hall–Kier alpha value is -0.130.